The molecule has 0 saturated heterocycles. The van der Waals surface area contributed by atoms with Gasteiger partial charge in [0, 0.05) is 24.0 Å². The predicted octanol–water partition coefficient (Wildman–Crippen LogP) is 4.53. The van der Waals surface area contributed by atoms with Gasteiger partial charge in [-0.1, -0.05) is 44.2 Å². The molecule has 0 bridgehead atoms. The summed E-state index contributed by atoms with van der Waals surface area (Å²) < 4.78 is 0. The van der Waals surface area contributed by atoms with Gasteiger partial charge >= 0.3 is 0 Å². The van der Waals surface area contributed by atoms with Crippen LogP contribution in [0.5, 0.6) is 0 Å². The van der Waals surface area contributed by atoms with Crippen LogP contribution in [0.4, 0.5) is 0 Å². The second-order valence-electron chi connectivity index (χ2n) is 5.80. The minimum Gasteiger partial charge on any atom is -0.357 e. The summed E-state index contributed by atoms with van der Waals surface area (Å²) in [6.45, 7) is 8.95. The molecule has 1 aromatic heterocycles. The lowest BCUT2D eigenvalue weighted by Gasteiger charge is -2.11. The van der Waals surface area contributed by atoms with E-state index in [0.29, 0.717) is 12.5 Å². The van der Waals surface area contributed by atoms with E-state index in [1.54, 1.807) is 11.3 Å². The quantitative estimate of drug-likeness (QED) is 0.364. The Kier molecular flexibility index (Phi) is 9.94. The van der Waals surface area contributed by atoms with Crippen molar-refractivity contribution in [3.05, 3.63) is 40.7 Å². The van der Waals surface area contributed by atoms with Gasteiger partial charge in [0.1, 0.15) is 5.01 Å². The van der Waals surface area contributed by atoms with Crippen LogP contribution >= 0.6 is 35.3 Å². The summed E-state index contributed by atoms with van der Waals surface area (Å²) in [6.07, 6.45) is 1.14. The molecule has 4 nitrogen and oxygen atoms in total. The number of hydrogen-bond donors (Lipinski definition) is 2. The number of halogens is 1. The first-order valence-corrected chi connectivity index (χ1v) is 9.09. The number of rotatable bonds is 7. The van der Waals surface area contributed by atoms with Crippen LogP contribution in [0.3, 0.4) is 0 Å². The molecule has 1 heterocycles. The number of guanidine groups is 1. The molecule has 24 heavy (non-hydrogen) atoms. The van der Waals surface area contributed by atoms with Gasteiger partial charge in [-0.05, 0) is 19.3 Å². The molecule has 1 aromatic carbocycles. The smallest absolute Gasteiger partial charge is 0.191 e. The Morgan fingerprint density at radius 1 is 1.21 bits per heavy atom. The van der Waals surface area contributed by atoms with Gasteiger partial charge in [-0.15, -0.1) is 35.3 Å². The van der Waals surface area contributed by atoms with Crippen LogP contribution in [0.1, 0.15) is 32.2 Å². The van der Waals surface area contributed by atoms with Crippen LogP contribution in [-0.4, -0.2) is 24.0 Å². The number of hydrogen-bond acceptors (Lipinski definition) is 3. The Labute approximate surface area is 166 Å². The van der Waals surface area contributed by atoms with Crippen molar-refractivity contribution in [3.63, 3.8) is 0 Å². The SMILES string of the molecule is CCNC(=NCc1nc(-c2ccccc2)cs1)NCCC(C)C.I. The number of thiazole rings is 1. The molecule has 0 aliphatic heterocycles. The normalized spacial score (nSPS) is 11.2. The van der Waals surface area contributed by atoms with E-state index < -0.39 is 0 Å². The Morgan fingerprint density at radius 2 is 1.96 bits per heavy atom. The fourth-order valence-corrected chi connectivity index (χ4v) is 2.82. The van der Waals surface area contributed by atoms with Gasteiger partial charge in [-0.2, -0.15) is 0 Å². The van der Waals surface area contributed by atoms with Crippen LogP contribution in [0, 0.1) is 5.92 Å². The summed E-state index contributed by atoms with van der Waals surface area (Å²) >= 11 is 1.66. The first kappa shape index (κ1) is 20.9. The molecule has 0 aliphatic carbocycles. The minimum absolute atomic E-state index is 0. The first-order valence-electron chi connectivity index (χ1n) is 8.21. The summed E-state index contributed by atoms with van der Waals surface area (Å²) in [5, 5.41) is 9.79. The molecule has 0 radical (unpaired) electrons. The van der Waals surface area contributed by atoms with Crippen molar-refractivity contribution >= 4 is 41.3 Å². The standard InChI is InChI=1S/C18H26N4S.HI/c1-4-19-18(20-11-10-14(2)3)21-12-17-22-16(13-23-17)15-8-6-5-7-9-15;/h5-9,13-14H,4,10-12H2,1-3H3,(H2,19,20,21);1H. The molecular formula is C18H27IN4S. The average Bonchev–Trinajstić information content (AvgIpc) is 3.02. The first-order chi connectivity index (χ1) is 11.2. The van der Waals surface area contributed by atoms with E-state index in [4.69, 9.17) is 0 Å². The van der Waals surface area contributed by atoms with E-state index in [2.05, 4.69) is 58.9 Å². The molecule has 0 unspecified atom stereocenters. The zero-order valence-corrected chi connectivity index (χ0v) is 17.7. The van der Waals surface area contributed by atoms with Crippen LogP contribution in [0.2, 0.25) is 0 Å². The molecular weight excluding hydrogens is 431 g/mol. The summed E-state index contributed by atoms with van der Waals surface area (Å²) in [4.78, 5) is 9.31. The fraction of sp³-hybridized carbons (Fsp3) is 0.444. The molecule has 6 heteroatoms. The summed E-state index contributed by atoms with van der Waals surface area (Å²) in [7, 11) is 0. The van der Waals surface area contributed by atoms with Crippen molar-refractivity contribution in [2.24, 2.45) is 10.9 Å². The summed E-state index contributed by atoms with van der Waals surface area (Å²) in [5.74, 6) is 1.56. The van der Waals surface area contributed by atoms with E-state index >= 15 is 0 Å². The average molecular weight is 458 g/mol. The van der Waals surface area contributed by atoms with Crippen LogP contribution < -0.4 is 10.6 Å². The lowest BCUT2D eigenvalue weighted by molar-refractivity contribution is 0.573. The highest BCUT2D eigenvalue weighted by Crippen LogP contribution is 2.21. The van der Waals surface area contributed by atoms with E-state index in [1.165, 1.54) is 0 Å². The fourth-order valence-electron chi connectivity index (χ4n) is 2.09. The van der Waals surface area contributed by atoms with Crippen LogP contribution in [0.15, 0.2) is 40.7 Å². The molecule has 0 fully saturated rings. The highest BCUT2D eigenvalue weighted by Gasteiger charge is 2.04. The molecule has 0 saturated carbocycles. The number of nitrogens with one attached hydrogen (secondary N) is 2. The van der Waals surface area contributed by atoms with Crippen molar-refractivity contribution in [2.75, 3.05) is 13.1 Å². The van der Waals surface area contributed by atoms with Crippen LogP contribution in [-0.2, 0) is 6.54 Å². The second kappa shape index (κ2) is 11.4. The van der Waals surface area contributed by atoms with Crippen molar-refractivity contribution in [1.82, 2.24) is 15.6 Å². The highest BCUT2D eigenvalue weighted by molar-refractivity contribution is 14.0. The van der Waals surface area contributed by atoms with Gasteiger partial charge in [0.25, 0.3) is 0 Å². The molecule has 132 valence electrons. The summed E-state index contributed by atoms with van der Waals surface area (Å²) in [6, 6.07) is 10.3. The molecule has 0 amide bonds. The Hall–Kier alpha value is -1.15. The number of benzene rings is 1. The van der Waals surface area contributed by atoms with Crippen molar-refractivity contribution < 1.29 is 0 Å². The van der Waals surface area contributed by atoms with Gasteiger partial charge in [0.15, 0.2) is 5.96 Å². The largest absolute Gasteiger partial charge is 0.357 e. The Balaban J connectivity index is 0.00000288. The van der Waals surface area contributed by atoms with Gasteiger partial charge in [-0.25, -0.2) is 9.98 Å². The van der Waals surface area contributed by atoms with Gasteiger partial charge in [-0.3, -0.25) is 0 Å². The third-order valence-corrected chi connectivity index (χ3v) is 4.19. The van der Waals surface area contributed by atoms with E-state index in [-0.39, 0.29) is 24.0 Å². The maximum Gasteiger partial charge on any atom is 0.191 e. The second-order valence-corrected chi connectivity index (χ2v) is 6.74. The van der Waals surface area contributed by atoms with Crippen molar-refractivity contribution in [2.45, 2.75) is 33.7 Å². The third-order valence-electron chi connectivity index (χ3n) is 3.35. The van der Waals surface area contributed by atoms with E-state index in [9.17, 15) is 0 Å². The maximum atomic E-state index is 4.68. The van der Waals surface area contributed by atoms with E-state index in [0.717, 1.165) is 41.7 Å². The molecule has 0 atom stereocenters. The maximum absolute atomic E-state index is 4.68. The van der Waals surface area contributed by atoms with Gasteiger partial charge < -0.3 is 10.6 Å². The highest BCUT2D eigenvalue weighted by atomic mass is 127. The molecule has 2 N–H and O–H groups in total. The van der Waals surface area contributed by atoms with Gasteiger partial charge in [0.2, 0.25) is 0 Å². The monoisotopic (exact) mass is 458 g/mol. The molecule has 2 rings (SSSR count). The zero-order valence-electron chi connectivity index (χ0n) is 14.6. The Morgan fingerprint density at radius 3 is 2.62 bits per heavy atom. The lowest BCUT2D eigenvalue weighted by Crippen LogP contribution is -2.38. The molecule has 2 aromatic rings. The zero-order chi connectivity index (χ0) is 16.5. The van der Waals surface area contributed by atoms with Gasteiger partial charge in [0.05, 0.1) is 12.2 Å². The van der Waals surface area contributed by atoms with Crippen molar-refractivity contribution in [1.29, 1.82) is 0 Å². The van der Waals surface area contributed by atoms with Crippen molar-refractivity contribution in [3.8, 4) is 11.3 Å². The predicted molar refractivity (Wildman–Crippen MR) is 115 cm³/mol. The molecule has 0 spiro atoms. The number of aliphatic imine (C=N–C) groups is 1. The topological polar surface area (TPSA) is 49.3 Å². The minimum atomic E-state index is 0. The third kappa shape index (κ3) is 7.17. The Bertz CT molecular complexity index is 610. The summed E-state index contributed by atoms with van der Waals surface area (Å²) in [5.41, 5.74) is 2.18. The lowest BCUT2D eigenvalue weighted by atomic mass is 10.1. The number of nitrogens with zero attached hydrogens (tertiary/aromatic N) is 2. The van der Waals surface area contributed by atoms with E-state index in [1.807, 2.05) is 18.2 Å². The van der Waals surface area contributed by atoms with Crippen LogP contribution in [0.25, 0.3) is 11.3 Å². The number of aromatic nitrogens is 1. The molecule has 0 aliphatic rings.